The standard InChI is InChI=1S/C11H14N2/c1-7(2)9-6-13-11-8(3)4-12-5-10(9)11/h4-7,13H,1-3H3. The summed E-state index contributed by atoms with van der Waals surface area (Å²) < 4.78 is 0. The van der Waals surface area contributed by atoms with Crippen molar-refractivity contribution in [2.75, 3.05) is 0 Å². The number of hydrogen-bond donors (Lipinski definition) is 1. The number of hydrogen-bond acceptors (Lipinski definition) is 1. The van der Waals surface area contributed by atoms with E-state index in [-0.39, 0.29) is 0 Å². The van der Waals surface area contributed by atoms with Crippen LogP contribution in [0.4, 0.5) is 0 Å². The van der Waals surface area contributed by atoms with Crippen molar-refractivity contribution in [2.45, 2.75) is 26.7 Å². The third-order valence-electron chi connectivity index (χ3n) is 2.44. The van der Waals surface area contributed by atoms with E-state index in [4.69, 9.17) is 0 Å². The molecule has 68 valence electrons. The molecule has 0 saturated carbocycles. The predicted molar refractivity (Wildman–Crippen MR) is 54.9 cm³/mol. The molecule has 13 heavy (non-hydrogen) atoms. The zero-order chi connectivity index (χ0) is 9.42. The molecule has 0 amide bonds. The maximum atomic E-state index is 4.21. The monoisotopic (exact) mass is 174 g/mol. The minimum absolute atomic E-state index is 0.553. The first-order valence-electron chi connectivity index (χ1n) is 4.61. The number of pyridine rings is 1. The van der Waals surface area contributed by atoms with E-state index >= 15 is 0 Å². The summed E-state index contributed by atoms with van der Waals surface area (Å²) in [5, 5.41) is 1.26. The Morgan fingerprint density at radius 2 is 2.08 bits per heavy atom. The fraction of sp³-hybridized carbons (Fsp3) is 0.364. The lowest BCUT2D eigenvalue weighted by molar-refractivity contribution is 0.875. The molecule has 0 aliphatic heterocycles. The average molecular weight is 174 g/mol. The van der Waals surface area contributed by atoms with E-state index in [0.29, 0.717) is 5.92 Å². The summed E-state index contributed by atoms with van der Waals surface area (Å²) in [7, 11) is 0. The first kappa shape index (κ1) is 8.30. The number of nitrogens with one attached hydrogen (secondary N) is 1. The van der Waals surface area contributed by atoms with Gasteiger partial charge in [-0.3, -0.25) is 4.98 Å². The largest absolute Gasteiger partial charge is 0.361 e. The van der Waals surface area contributed by atoms with Crippen LogP contribution in [0.2, 0.25) is 0 Å². The van der Waals surface area contributed by atoms with Crippen LogP contribution < -0.4 is 0 Å². The van der Waals surface area contributed by atoms with Crippen LogP contribution in [-0.4, -0.2) is 9.97 Å². The number of aryl methyl sites for hydroxylation is 1. The highest BCUT2D eigenvalue weighted by molar-refractivity contribution is 5.85. The van der Waals surface area contributed by atoms with Crippen LogP contribution >= 0.6 is 0 Å². The Hall–Kier alpha value is -1.31. The minimum atomic E-state index is 0.553. The van der Waals surface area contributed by atoms with Crippen LogP contribution in [0.25, 0.3) is 10.9 Å². The molecule has 0 atom stereocenters. The summed E-state index contributed by atoms with van der Waals surface area (Å²) >= 11 is 0. The number of rotatable bonds is 1. The van der Waals surface area contributed by atoms with Crippen LogP contribution in [0.5, 0.6) is 0 Å². The summed E-state index contributed by atoms with van der Waals surface area (Å²) in [5.41, 5.74) is 3.79. The van der Waals surface area contributed by atoms with Gasteiger partial charge in [-0.05, 0) is 24.0 Å². The van der Waals surface area contributed by atoms with Gasteiger partial charge in [0.1, 0.15) is 0 Å². The molecule has 2 heteroatoms. The number of H-pyrrole nitrogens is 1. The maximum Gasteiger partial charge on any atom is 0.0517 e. The van der Waals surface area contributed by atoms with E-state index in [9.17, 15) is 0 Å². The maximum absolute atomic E-state index is 4.21. The van der Waals surface area contributed by atoms with Crippen molar-refractivity contribution < 1.29 is 0 Å². The van der Waals surface area contributed by atoms with Crippen molar-refractivity contribution in [3.05, 3.63) is 29.7 Å². The highest BCUT2D eigenvalue weighted by Crippen LogP contribution is 2.25. The quantitative estimate of drug-likeness (QED) is 0.707. The molecule has 0 radical (unpaired) electrons. The second-order valence-corrected chi connectivity index (χ2v) is 3.78. The second kappa shape index (κ2) is 2.87. The van der Waals surface area contributed by atoms with Gasteiger partial charge in [-0.25, -0.2) is 0 Å². The lowest BCUT2D eigenvalue weighted by Crippen LogP contribution is -1.85. The van der Waals surface area contributed by atoms with Crippen LogP contribution in [0.15, 0.2) is 18.6 Å². The van der Waals surface area contributed by atoms with Gasteiger partial charge in [0.15, 0.2) is 0 Å². The summed E-state index contributed by atoms with van der Waals surface area (Å²) in [6, 6.07) is 0. The Bertz CT molecular complexity index is 427. The summed E-state index contributed by atoms with van der Waals surface area (Å²) in [6.07, 6.45) is 5.92. The zero-order valence-electron chi connectivity index (χ0n) is 8.26. The lowest BCUT2D eigenvalue weighted by Gasteiger charge is -2.01. The van der Waals surface area contributed by atoms with Crippen LogP contribution in [0.3, 0.4) is 0 Å². The number of aromatic nitrogens is 2. The van der Waals surface area contributed by atoms with Gasteiger partial charge in [-0.15, -0.1) is 0 Å². The van der Waals surface area contributed by atoms with Gasteiger partial charge in [0.05, 0.1) is 5.52 Å². The highest BCUT2D eigenvalue weighted by Gasteiger charge is 2.07. The van der Waals surface area contributed by atoms with Gasteiger partial charge >= 0.3 is 0 Å². The third-order valence-corrected chi connectivity index (χ3v) is 2.44. The molecule has 0 saturated heterocycles. The Morgan fingerprint density at radius 3 is 2.77 bits per heavy atom. The average Bonchev–Trinajstić information content (AvgIpc) is 2.48. The molecule has 0 bridgehead atoms. The van der Waals surface area contributed by atoms with Gasteiger partial charge in [0.25, 0.3) is 0 Å². The zero-order valence-corrected chi connectivity index (χ0v) is 8.26. The second-order valence-electron chi connectivity index (χ2n) is 3.78. The smallest absolute Gasteiger partial charge is 0.0517 e. The van der Waals surface area contributed by atoms with E-state index < -0.39 is 0 Å². The minimum Gasteiger partial charge on any atom is -0.361 e. The Balaban J connectivity index is 2.75. The highest BCUT2D eigenvalue weighted by atomic mass is 14.7. The molecule has 2 rings (SSSR count). The van der Waals surface area contributed by atoms with E-state index in [1.54, 1.807) is 0 Å². The SMILES string of the molecule is Cc1cncc2c(C(C)C)c[nH]c12. The Morgan fingerprint density at radius 1 is 1.31 bits per heavy atom. The van der Waals surface area contributed by atoms with Crippen LogP contribution in [-0.2, 0) is 0 Å². The molecule has 2 heterocycles. The molecule has 0 aliphatic rings. The Labute approximate surface area is 78.0 Å². The molecule has 0 aromatic carbocycles. The van der Waals surface area contributed by atoms with E-state index in [1.807, 2.05) is 12.4 Å². The first-order chi connectivity index (χ1) is 6.20. The summed E-state index contributed by atoms with van der Waals surface area (Å²) in [5.74, 6) is 0.553. The van der Waals surface area contributed by atoms with Crippen molar-refractivity contribution in [3.8, 4) is 0 Å². The van der Waals surface area contributed by atoms with Gasteiger partial charge in [0, 0.05) is 24.0 Å². The fourth-order valence-electron chi connectivity index (χ4n) is 1.68. The number of fused-ring (bicyclic) bond motifs is 1. The van der Waals surface area contributed by atoms with Crippen molar-refractivity contribution >= 4 is 10.9 Å². The normalized spacial score (nSPS) is 11.4. The molecule has 2 aromatic rings. The molecule has 0 spiro atoms. The summed E-state index contributed by atoms with van der Waals surface area (Å²) in [6.45, 7) is 6.48. The molecule has 0 aliphatic carbocycles. The first-order valence-corrected chi connectivity index (χ1v) is 4.61. The predicted octanol–water partition coefficient (Wildman–Crippen LogP) is 2.99. The lowest BCUT2D eigenvalue weighted by atomic mass is 10.0. The van der Waals surface area contributed by atoms with Crippen molar-refractivity contribution in [1.29, 1.82) is 0 Å². The number of aromatic amines is 1. The van der Waals surface area contributed by atoms with Crippen LogP contribution in [0.1, 0.15) is 30.9 Å². The van der Waals surface area contributed by atoms with Gasteiger partial charge in [-0.1, -0.05) is 13.8 Å². The molecule has 2 aromatic heterocycles. The van der Waals surface area contributed by atoms with Gasteiger partial charge < -0.3 is 4.98 Å². The van der Waals surface area contributed by atoms with Crippen molar-refractivity contribution in [1.82, 2.24) is 9.97 Å². The van der Waals surface area contributed by atoms with E-state index in [2.05, 4.69) is 36.9 Å². The summed E-state index contributed by atoms with van der Waals surface area (Å²) in [4.78, 5) is 7.51. The van der Waals surface area contributed by atoms with Crippen molar-refractivity contribution in [2.24, 2.45) is 0 Å². The molecule has 0 unspecified atom stereocenters. The molecule has 1 N–H and O–H groups in total. The topological polar surface area (TPSA) is 28.7 Å². The number of nitrogens with zero attached hydrogens (tertiary/aromatic N) is 1. The molecule has 0 fully saturated rings. The Kier molecular flexibility index (Phi) is 1.83. The van der Waals surface area contributed by atoms with Crippen molar-refractivity contribution in [3.63, 3.8) is 0 Å². The third kappa shape index (κ3) is 1.22. The fourth-order valence-corrected chi connectivity index (χ4v) is 1.68. The van der Waals surface area contributed by atoms with E-state index in [0.717, 1.165) is 0 Å². The van der Waals surface area contributed by atoms with Gasteiger partial charge in [0.2, 0.25) is 0 Å². The van der Waals surface area contributed by atoms with E-state index in [1.165, 1.54) is 22.0 Å². The van der Waals surface area contributed by atoms with Crippen LogP contribution in [0, 0.1) is 6.92 Å². The molecule has 2 nitrogen and oxygen atoms in total. The molecular formula is C11H14N2. The molecular weight excluding hydrogens is 160 g/mol. The van der Waals surface area contributed by atoms with Gasteiger partial charge in [-0.2, -0.15) is 0 Å².